The maximum absolute atomic E-state index is 10.8. The van der Waals surface area contributed by atoms with E-state index >= 15 is 0 Å². The van der Waals surface area contributed by atoms with E-state index in [9.17, 15) is 4.79 Å². The van der Waals surface area contributed by atoms with Crippen molar-refractivity contribution in [2.45, 2.75) is 30.9 Å². The first kappa shape index (κ1) is 12.0. The number of aromatic nitrogens is 3. The van der Waals surface area contributed by atoms with Crippen LogP contribution in [0.4, 0.5) is 0 Å². The fourth-order valence-electron chi connectivity index (χ4n) is 2.64. The van der Waals surface area contributed by atoms with Gasteiger partial charge in [-0.05, 0) is 25.0 Å². The van der Waals surface area contributed by atoms with Gasteiger partial charge in [0.25, 0.3) is 0 Å². The number of hydrogen-bond donors (Lipinski definition) is 1. The average Bonchev–Trinajstić information content (AvgIpc) is 2.98. The van der Waals surface area contributed by atoms with Gasteiger partial charge in [0, 0.05) is 12.4 Å². The maximum Gasteiger partial charge on any atom is 0.358 e. The van der Waals surface area contributed by atoms with Crippen molar-refractivity contribution in [3.8, 4) is 0 Å². The van der Waals surface area contributed by atoms with Crippen molar-refractivity contribution in [1.82, 2.24) is 15.0 Å². The highest BCUT2D eigenvalue weighted by molar-refractivity contribution is 7.99. The molecule has 98 valence electrons. The zero-order valence-corrected chi connectivity index (χ0v) is 10.7. The molecule has 1 N–H and O–H groups in total. The molecule has 2 saturated heterocycles. The molecule has 0 aliphatic carbocycles. The van der Waals surface area contributed by atoms with E-state index in [0.29, 0.717) is 6.61 Å². The van der Waals surface area contributed by atoms with Crippen LogP contribution in [0.1, 0.15) is 35.8 Å². The molecular formula is C11H15N3O3S. The van der Waals surface area contributed by atoms with Gasteiger partial charge in [0.05, 0.1) is 17.8 Å². The minimum Gasteiger partial charge on any atom is -0.476 e. The van der Waals surface area contributed by atoms with Crippen molar-refractivity contribution in [3.63, 3.8) is 0 Å². The predicted octanol–water partition coefficient (Wildman–Crippen LogP) is 1.20. The summed E-state index contributed by atoms with van der Waals surface area (Å²) >= 11 is 1.92. The van der Waals surface area contributed by atoms with E-state index in [4.69, 9.17) is 9.84 Å². The van der Waals surface area contributed by atoms with Crippen molar-refractivity contribution >= 4 is 17.7 Å². The van der Waals surface area contributed by atoms with Gasteiger partial charge in [0.15, 0.2) is 5.69 Å². The molecule has 2 aliphatic heterocycles. The summed E-state index contributed by atoms with van der Waals surface area (Å²) in [6, 6.07) is 0.207. The molecule has 0 bridgehead atoms. The van der Waals surface area contributed by atoms with Gasteiger partial charge in [-0.15, -0.1) is 5.10 Å². The number of carboxylic acids is 1. The summed E-state index contributed by atoms with van der Waals surface area (Å²) in [5.41, 5.74) is -0.0144. The van der Waals surface area contributed by atoms with Crippen LogP contribution in [0.2, 0.25) is 0 Å². The number of ether oxygens (including phenoxy) is 1. The average molecular weight is 269 g/mol. The monoisotopic (exact) mass is 269 g/mol. The molecular weight excluding hydrogens is 254 g/mol. The molecule has 1 spiro atoms. The second kappa shape index (κ2) is 4.55. The second-order valence-corrected chi connectivity index (χ2v) is 5.97. The van der Waals surface area contributed by atoms with Gasteiger partial charge in [-0.2, -0.15) is 11.8 Å². The van der Waals surface area contributed by atoms with Crippen LogP contribution in [0.3, 0.4) is 0 Å². The summed E-state index contributed by atoms with van der Waals surface area (Å²) < 4.78 is 7.62. The molecule has 18 heavy (non-hydrogen) atoms. The second-order valence-electron chi connectivity index (χ2n) is 4.87. The molecule has 2 aliphatic rings. The quantitative estimate of drug-likeness (QED) is 0.869. The topological polar surface area (TPSA) is 77.2 Å². The Bertz CT molecular complexity index is 456. The van der Waals surface area contributed by atoms with Gasteiger partial charge in [-0.25, -0.2) is 9.48 Å². The highest BCUT2D eigenvalue weighted by atomic mass is 32.2. The number of nitrogens with zero attached hydrogens (tertiary/aromatic N) is 3. The first-order valence-corrected chi connectivity index (χ1v) is 7.21. The van der Waals surface area contributed by atoms with Crippen LogP contribution in [-0.2, 0) is 4.74 Å². The number of carboxylic acid groups (broad SMARTS) is 1. The summed E-state index contributed by atoms with van der Waals surface area (Å²) in [5.74, 6) is 1.15. The van der Waals surface area contributed by atoms with E-state index in [-0.39, 0.29) is 17.3 Å². The van der Waals surface area contributed by atoms with Gasteiger partial charge in [0.2, 0.25) is 0 Å². The first-order chi connectivity index (χ1) is 8.69. The number of rotatable bonds is 2. The number of thioether (sulfide) groups is 1. The summed E-state index contributed by atoms with van der Waals surface area (Å²) in [6.07, 6.45) is 4.38. The zero-order chi connectivity index (χ0) is 12.6. The van der Waals surface area contributed by atoms with E-state index in [2.05, 4.69) is 10.3 Å². The number of hydrogen-bond acceptors (Lipinski definition) is 5. The van der Waals surface area contributed by atoms with E-state index in [1.54, 1.807) is 4.68 Å². The smallest absolute Gasteiger partial charge is 0.358 e. The molecule has 2 fully saturated rings. The lowest BCUT2D eigenvalue weighted by atomic mass is 9.90. The highest BCUT2D eigenvalue weighted by Crippen LogP contribution is 2.41. The predicted molar refractivity (Wildman–Crippen MR) is 65.9 cm³/mol. The molecule has 2 atom stereocenters. The van der Waals surface area contributed by atoms with Gasteiger partial charge < -0.3 is 9.84 Å². The van der Waals surface area contributed by atoms with Crippen LogP contribution in [0.5, 0.6) is 0 Å². The summed E-state index contributed by atoms with van der Waals surface area (Å²) in [7, 11) is 0. The summed E-state index contributed by atoms with van der Waals surface area (Å²) in [6.45, 7) is 0.716. The Morgan fingerprint density at radius 3 is 3.22 bits per heavy atom. The number of carbonyl (C=O) groups is 1. The van der Waals surface area contributed by atoms with Crippen LogP contribution in [-0.4, -0.2) is 49.8 Å². The molecule has 1 aromatic heterocycles. The molecule has 3 rings (SSSR count). The van der Waals surface area contributed by atoms with Gasteiger partial charge in [0.1, 0.15) is 0 Å². The number of aromatic carboxylic acids is 1. The van der Waals surface area contributed by atoms with Crippen molar-refractivity contribution in [3.05, 3.63) is 11.9 Å². The molecule has 3 heterocycles. The maximum atomic E-state index is 10.8. The van der Waals surface area contributed by atoms with Gasteiger partial charge >= 0.3 is 5.97 Å². The molecule has 0 radical (unpaired) electrons. The minimum atomic E-state index is -1.03. The Balaban J connectivity index is 1.76. The van der Waals surface area contributed by atoms with E-state index in [1.165, 1.54) is 6.20 Å². The van der Waals surface area contributed by atoms with E-state index in [0.717, 1.165) is 30.8 Å². The van der Waals surface area contributed by atoms with Crippen LogP contribution < -0.4 is 0 Å². The van der Waals surface area contributed by atoms with E-state index in [1.807, 2.05) is 11.8 Å². The lowest BCUT2D eigenvalue weighted by Gasteiger charge is -2.37. The fraction of sp³-hybridized carbons (Fsp3) is 0.727. The third-order valence-corrected chi connectivity index (χ3v) is 4.86. The summed E-state index contributed by atoms with van der Waals surface area (Å²) in [5, 5.41) is 16.5. The van der Waals surface area contributed by atoms with Crippen LogP contribution in [0.25, 0.3) is 0 Å². The molecule has 1 aromatic rings. The molecule has 0 saturated carbocycles. The molecule has 7 heteroatoms. The SMILES string of the molecule is O=C(O)c1cn(C2CCOC3(CCSC3)C2)nn1. The Hall–Kier alpha value is -1.08. The Kier molecular flexibility index (Phi) is 3.03. The third kappa shape index (κ3) is 2.12. The van der Waals surface area contributed by atoms with Crippen LogP contribution in [0.15, 0.2) is 6.20 Å². The molecule has 6 nitrogen and oxygen atoms in total. The minimum absolute atomic E-state index is 0.0105. The summed E-state index contributed by atoms with van der Waals surface area (Å²) in [4.78, 5) is 10.8. The van der Waals surface area contributed by atoms with Crippen LogP contribution in [0, 0.1) is 0 Å². The largest absolute Gasteiger partial charge is 0.476 e. The Morgan fingerprint density at radius 1 is 1.67 bits per heavy atom. The molecule has 0 aromatic carbocycles. The highest BCUT2D eigenvalue weighted by Gasteiger charge is 2.41. The van der Waals surface area contributed by atoms with Crippen molar-refractivity contribution in [2.24, 2.45) is 0 Å². The Labute approximate surface area is 109 Å². The standard InChI is InChI=1S/C11H15N3O3S/c15-10(16)9-6-14(13-12-9)8-1-3-17-11(5-8)2-4-18-7-11/h6,8H,1-5,7H2,(H,15,16). The third-order valence-electron chi connectivity index (χ3n) is 3.64. The zero-order valence-electron chi connectivity index (χ0n) is 9.91. The normalized spacial score (nSPS) is 31.9. The van der Waals surface area contributed by atoms with Crippen molar-refractivity contribution < 1.29 is 14.6 Å². The van der Waals surface area contributed by atoms with Crippen LogP contribution >= 0.6 is 11.8 Å². The fourth-order valence-corrected chi connectivity index (χ4v) is 4.02. The van der Waals surface area contributed by atoms with Gasteiger partial charge in [-0.1, -0.05) is 5.21 Å². The molecule has 0 amide bonds. The first-order valence-electron chi connectivity index (χ1n) is 6.05. The van der Waals surface area contributed by atoms with Crippen molar-refractivity contribution in [2.75, 3.05) is 18.1 Å². The van der Waals surface area contributed by atoms with E-state index < -0.39 is 5.97 Å². The lowest BCUT2D eigenvalue weighted by Crippen LogP contribution is -2.40. The lowest BCUT2D eigenvalue weighted by molar-refractivity contribution is -0.0780. The Morgan fingerprint density at radius 2 is 2.56 bits per heavy atom. The van der Waals surface area contributed by atoms with Crippen molar-refractivity contribution in [1.29, 1.82) is 0 Å². The molecule has 2 unspecified atom stereocenters. The van der Waals surface area contributed by atoms with Gasteiger partial charge in [-0.3, -0.25) is 0 Å².